The van der Waals surface area contributed by atoms with Gasteiger partial charge in [0.15, 0.2) is 11.5 Å². The molecule has 140 valence electrons. The third-order valence-corrected chi connectivity index (χ3v) is 5.13. The van der Waals surface area contributed by atoms with Crippen LogP contribution in [0.2, 0.25) is 0 Å². The Kier molecular flexibility index (Phi) is 6.08. The molecule has 3 rings (SSSR count). The summed E-state index contributed by atoms with van der Waals surface area (Å²) >= 11 is 1.51. The number of carbonyl (C=O) groups excluding carboxylic acids is 1. The second-order valence-electron chi connectivity index (χ2n) is 5.73. The Labute approximate surface area is 162 Å². The van der Waals surface area contributed by atoms with Crippen molar-refractivity contribution in [1.82, 2.24) is 0 Å². The van der Waals surface area contributed by atoms with Crippen LogP contribution in [-0.2, 0) is 4.79 Å². The van der Waals surface area contributed by atoms with Crippen molar-refractivity contribution in [3.63, 3.8) is 0 Å². The maximum Gasteiger partial charge on any atom is 0.234 e. The van der Waals surface area contributed by atoms with Crippen LogP contribution >= 0.6 is 11.8 Å². The van der Waals surface area contributed by atoms with E-state index in [1.54, 1.807) is 33.5 Å². The van der Waals surface area contributed by atoms with Crippen LogP contribution in [0.15, 0.2) is 59.5 Å². The first-order valence-electron chi connectivity index (χ1n) is 8.36. The summed E-state index contributed by atoms with van der Waals surface area (Å²) in [6.45, 7) is 0. The van der Waals surface area contributed by atoms with Crippen molar-refractivity contribution in [2.75, 3.05) is 32.4 Å². The summed E-state index contributed by atoms with van der Waals surface area (Å²) in [5.74, 6) is 1.66. The Morgan fingerprint density at radius 1 is 0.926 bits per heavy atom. The zero-order valence-corrected chi connectivity index (χ0v) is 16.3. The summed E-state index contributed by atoms with van der Waals surface area (Å²) in [5.41, 5.74) is 0.591. The van der Waals surface area contributed by atoms with Crippen molar-refractivity contribution >= 4 is 34.1 Å². The number of thioether (sulfide) groups is 1. The van der Waals surface area contributed by atoms with Crippen molar-refractivity contribution in [3.05, 3.63) is 54.6 Å². The van der Waals surface area contributed by atoms with E-state index in [1.165, 1.54) is 11.8 Å². The molecule has 0 saturated heterocycles. The van der Waals surface area contributed by atoms with E-state index in [0.29, 0.717) is 28.7 Å². The molecule has 0 heterocycles. The number of hydrogen-bond donors (Lipinski definition) is 1. The third-order valence-electron chi connectivity index (χ3n) is 4.06. The molecule has 3 aromatic rings. The number of benzene rings is 3. The van der Waals surface area contributed by atoms with E-state index in [2.05, 4.69) is 23.5 Å². The highest BCUT2D eigenvalue weighted by Gasteiger charge is 2.14. The summed E-state index contributed by atoms with van der Waals surface area (Å²) in [6.07, 6.45) is 0. The highest BCUT2D eigenvalue weighted by Crippen LogP contribution is 2.40. The van der Waals surface area contributed by atoms with Crippen LogP contribution < -0.4 is 19.5 Å². The zero-order valence-electron chi connectivity index (χ0n) is 15.4. The Morgan fingerprint density at radius 2 is 1.59 bits per heavy atom. The summed E-state index contributed by atoms with van der Waals surface area (Å²) < 4.78 is 15.9. The molecule has 0 aromatic heterocycles. The van der Waals surface area contributed by atoms with Crippen molar-refractivity contribution < 1.29 is 19.0 Å². The molecule has 0 fully saturated rings. The smallest absolute Gasteiger partial charge is 0.234 e. The summed E-state index contributed by atoms with van der Waals surface area (Å²) in [7, 11) is 4.62. The number of fused-ring (bicyclic) bond motifs is 1. The molecule has 0 aliphatic heterocycles. The molecule has 0 bridgehead atoms. The molecule has 3 aromatic carbocycles. The van der Waals surface area contributed by atoms with Crippen LogP contribution in [0.25, 0.3) is 10.8 Å². The first kappa shape index (κ1) is 18.9. The number of anilines is 1. The predicted molar refractivity (Wildman–Crippen MR) is 109 cm³/mol. The Morgan fingerprint density at radius 3 is 2.26 bits per heavy atom. The fourth-order valence-electron chi connectivity index (χ4n) is 2.82. The third kappa shape index (κ3) is 4.28. The van der Waals surface area contributed by atoms with E-state index in [4.69, 9.17) is 14.2 Å². The average Bonchev–Trinajstić information content (AvgIpc) is 2.71. The van der Waals surface area contributed by atoms with E-state index in [0.717, 1.165) is 15.7 Å². The van der Waals surface area contributed by atoms with Gasteiger partial charge in [0.1, 0.15) is 0 Å². The van der Waals surface area contributed by atoms with Crippen LogP contribution in [0.1, 0.15) is 0 Å². The van der Waals surface area contributed by atoms with Crippen LogP contribution in [0.5, 0.6) is 17.2 Å². The van der Waals surface area contributed by atoms with E-state index >= 15 is 0 Å². The lowest BCUT2D eigenvalue weighted by Crippen LogP contribution is -2.14. The van der Waals surface area contributed by atoms with Crippen LogP contribution in [0.4, 0.5) is 5.69 Å². The minimum absolute atomic E-state index is 0.109. The quantitative estimate of drug-likeness (QED) is 0.605. The molecule has 0 aliphatic rings. The SMILES string of the molecule is COc1cc(NC(=O)CSc2cccc3ccccc23)cc(OC)c1OC. The topological polar surface area (TPSA) is 56.8 Å². The van der Waals surface area contributed by atoms with Gasteiger partial charge in [-0.25, -0.2) is 0 Å². The number of carbonyl (C=O) groups is 1. The first-order valence-corrected chi connectivity index (χ1v) is 9.35. The molecule has 5 nitrogen and oxygen atoms in total. The van der Waals surface area contributed by atoms with Gasteiger partial charge in [0, 0.05) is 22.7 Å². The maximum absolute atomic E-state index is 12.4. The lowest BCUT2D eigenvalue weighted by Gasteiger charge is -2.14. The predicted octanol–water partition coefficient (Wildman–Crippen LogP) is 4.60. The van der Waals surface area contributed by atoms with Gasteiger partial charge in [0.2, 0.25) is 11.7 Å². The van der Waals surface area contributed by atoms with Crippen molar-refractivity contribution in [1.29, 1.82) is 0 Å². The average molecular weight is 383 g/mol. The van der Waals surface area contributed by atoms with Crippen molar-refractivity contribution in [2.45, 2.75) is 4.90 Å². The number of hydrogen-bond acceptors (Lipinski definition) is 5. The molecule has 0 aliphatic carbocycles. The van der Waals surface area contributed by atoms with Crippen LogP contribution in [-0.4, -0.2) is 33.0 Å². The fraction of sp³-hybridized carbons (Fsp3) is 0.190. The minimum atomic E-state index is -0.109. The lowest BCUT2D eigenvalue weighted by atomic mass is 10.1. The fourth-order valence-corrected chi connectivity index (χ4v) is 3.69. The standard InChI is InChI=1S/C21H21NO4S/c1-24-17-11-15(12-18(25-2)21(17)26-3)22-20(23)13-27-19-10-6-8-14-7-4-5-9-16(14)19/h4-12H,13H2,1-3H3,(H,22,23). The van der Waals surface area contributed by atoms with Gasteiger partial charge in [0.25, 0.3) is 0 Å². The van der Waals surface area contributed by atoms with E-state index < -0.39 is 0 Å². The van der Waals surface area contributed by atoms with Gasteiger partial charge >= 0.3 is 0 Å². The molecular weight excluding hydrogens is 362 g/mol. The number of nitrogens with one attached hydrogen (secondary N) is 1. The molecule has 0 radical (unpaired) electrons. The van der Waals surface area contributed by atoms with Gasteiger partial charge in [-0.3, -0.25) is 4.79 Å². The summed E-state index contributed by atoms with van der Waals surface area (Å²) in [4.78, 5) is 13.5. The molecule has 0 saturated carbocycles. The number of amides is 1. The Bertz CT molecular complexity index is 928. The molecule has 0 unspecified atom stereocenters. The summed E-state index contributed by atoms with van der Waals surface area (Å²) in [6, 6.07) is 17.7. The van der Waals surface area contributed by atoms with Gasteiger partial charge in [-0.15, -0.1) is 11.8 Å². The van der Waals surface area contributed by atoms with Crippen molar-refractivity contribution in [3.8, 4) is 17.2 Å². The van der Waals surface area contributed by atoms with Crippen LogP contribution in [0, 0.1) is 0 Å². The summed E-state index contributed by atoms with van der Waals surface area (Å²) in [5, 5.41) is 5.19. The van der Waals surface area contributed by atoms with E-state index in [1.807, 2.05) is 24.3 Å². The monoisotopic (exact) mass is 383 g/mol. The lowest BCUT2D eigenvalue weighted by molar-refractivity contribution is -0.113. The molecule has 27 heavy (non-hydrogen) atoms. The zero-order chi connectivity index (χ0) is 19.2. The van der Waals surface area contributed by atoms with Crippen molar-refractivity contribution in [2.24, 2.45) is 0 Å². The highest BCUT2D eigenvalue weighted by molar-refractivity contribution is 8.00. The van der Waals surface area contributed by atoms with Gasteiger partial charge in [-0.1, -0.05) is 36.4 Å². The Hall–Kier alpha value is -2.86. The largest absolute Gasteiger partial charge is 0.493 e. The molecule has 0 spiro atoms. The molecule has 1 amide bonds. The normalized spacial score (nSPS) is 10.5. The number of methoxy groups -OCH3 is 3. The minimum Gasteiger partial charge on any atom is -0.493 e. The number of ether oxygens (including phenoxy) is 3. The van der Waals surface area contributed by atoms with Gasteiger partial charge in [0.05, 0.1) is 27.1 Å². The molecule has 0 atom stereocenters. The van der Waals surface area contributed by atoms with Gasteiger partial charge in [-0.2, -0.15) is 0 Å². The van der Waals surface area contributed by atoms with E-state index in [9.17, 15) is 4.79 Å². The highest BCUT2D eigenvalue weighted by atomic mass is 32.2. The molecule has 6 heteroatoms. The first-order chi connectivity index (χ1) is 13.2. The number of rotatable bonds is 7. The maximum atomic E-state index is 12.4. The second-order valence-corrected chi connectivity index (χ2v) is 6.75. The molecule has 1 N–H and O–H groups in total. The van der Waals surface area contributed by atoms with Crippen LogP contribution in [0.3, 0.4) is 0 Å². The van der Waals surface area contributed by atoms with Gasteiger partial charge < -0.3 is 19.5 Å². The molecular formula is C21H21NO4S. The second kappa shape index (κ2) is 8.68. The Balaban J connectivity index is 1.72. The van der Waals surface area contributed by atoms with Gasteiger partial charge in [-0.05, 0) is 16.8 Å². The van der Waals surface area contributed by atoms with E-state index in [-0.39, 0.29) is 5.91 Å².